The third kappa shape index (κ3) is 11.7. The van der Waals surface area contributed by atoms with Gasteiger partial charge in [0, 0.05) is 0 Å². The van der Waals surface area contributed by atoms with E-state index in [1.165, 1.54) is 0 Å². The molecule has 0 radical (unpaired) electrons. The molecule has 0 atom stereocenters. The van der Waals surface area contributed by atoms with Crippen molar-refractivity contribution in [1.29, 1.82) is 0 Å². The zero-order valence-electron chi connectivity index (χ0n) is 1.86. The molecule has 4 heteroatoms. The fourth-order valence-electron chi connectivity index (χ4n) is 0. The van der Waals surface area contributed by atoms with E-state index in [1.54, 1.807) is 0 Å². The van der Waals surface area contributed by atoms with Crippen molar-refractivity contribution in [2.75, 3.05) is 0 Å². The van der Waals surface area contributed by atoms with E-state index in [1.807, 2.05) is 0 Å². The first kappa shape index (κ1) is 19.8. The van der Waals surface area contributed by atoms with Gasteiger partial charge in [-0.15, -0.1) is 0 Å². The molecule has 0 bridgehead atoms. The molecule has 0 rings (SSSR count). The zero-order chi connectivity index (χ0) is 2.00. The molecule has 0 heterocycles. The topological polar surface area (TPSA) is 45.6 Å². The van der Waals surface area contributed by atoms with Crippen molar-refractivity contribution < 1.29 is 25.0 Å². The molecule has 0 aromatic carbocycles. The van der Waals surface area contributed by atoms with Crippen LogP contribution in [0.3, 0.4) is 0 Å². The molecule has 0 aliphatic rings. The minimum atomic E-state index is 0. The summed E-state index contributed by atoms with van der Waals surface area (Å²) in [5.41, 5.74) is 0. The van der Waals surface area contributed by atoms with Crippen LogP contribution in [-0.2, 0) is 25.0 Å². The second kappa shape index (κ2) is 34.8. The quantitative estimate of drug-likeness (QED) is 0.388. The van der Waals surface area contributed by atoms with Gasteiger partial charge in [0.2, 0.25) is 0 Å². The standard InChI is InChI=1S/Co.Mg.2O/q;+2;;-2. The molecule has 0 unspecified atom stereocenters. The van der Waals surface area contributed by atoms with Crippen LogP contribution < -0.4 is 0 Å². The fourth-order valence-corrected chi connectivity index (χ4v) is 0. The van der Waals surface area contributed by atoms with E-state index in [0.717, 1.165) is 0 Å². The van der Waals surface area contributed by atoms with E-state index < -0.39 is 0 Å². The van der Waals surface area contributed by atoms with Crippen LogP contribution in [0.25, 0.3) is 0 Å². The molecule has 0 saturated carbocycles. The number of hydrogen-bond acceptors (Lipinski definition) is 1. The van der Waals surface area contributed by atoms with E-state index in [-0.39, 0.29) is 28.5 Å². The third-order valence-electron chi connectivity index (χ3n) is 0. The first-order valence-corrected chi connectivity index (χ1v) is 0.561. The fraction of sp³-hybridized carbons (Fsp3) is 0. The van der Waals surface area contributed by atoms with Crippen molar-refractivity contribution in [2.45, 2.75) is 0 Å². The van der Waals surface area contributed by atoms with Crippen LogP contribution in [0.2, 0.25) is 0 Å². The predicted octanol–water partition coefficient (Wildman–Crippen LogP) is -0.621. The van der Waals surface area contributed by atoms with E-state index in [0.29, 0.717) is 0 Å². The van der Waals surface area contributed by atoms with Crippen LogP contribution in [-0.4, -0.2) is 23.1 Å². The van der Waals surface area contributed by atoms with Gasteiger partial charge in [-0.3, -0.25) is 0 Å². The van der Waals surface area contributed by atoms with Crippen LogP contribution in [0.4, 0.5) is 0 Å². The maximum absolute atomic E-state index is 7.94. The Balaban J connectivity index is -0.00000000500. The summed E-state index contributed by atoms with van der Waals surface area (Å²) < 4.78 is 7.94. The second-order valence-electron chi connectivity index (χ2n) is 0. The van der Waals surface area contributed by atoms with Gasteiger partial charge in [0.15, 0.2) is 0 Å². The summed E-state index contributed by atoms with van der Waals surface area (Å²) in [6.07, 6.45) is 0. The van der Waals surface area contributed by atoms with E-state index >= 15 is 0 Å². The van der Waals surface area contributed by atoms with Crippen molar-refractivity contribution in [3.8, 4) is 0 Å². The monoisotopic (exact) mass is 115 g/mol. The number of rotatable bonds is 0. The van der Waals surface area contributed by atoms with Crippen molar-refractivity contribution in [1.82, 2.24) is 0 Å². The van der Waals surface area contributed by atoms with Gasteiger partial charge >= 0.3 is 42.6 Å². The van der Waals surface area contributed by atoms with Crippen LogP contribution in [0.15, 0.2) is 0 Å². The zero-order valence-corrected chi connectivity index (χ0v) is 4.31. The molecule has 0 spiro atoms. The Morgan fingerprint density at radius 1 is 1.25 bits per heavy atom. The molecule has 0 aliphatic heterocycles. The molecular formula is CoMgO2. The molecule has 0 saturated heterocycles. The molecule has 0 aromatic heterocycles. The van der Waals surface area contributed by atoms with Crippen LogP contribution in [0.5, 0.6) is 0 Å². The molecule has 0 fully saturated rings. The third-order valence-corrected chi connectivity index (χ3v) is 0. The second-order valence-corrected chi connectivity index (χ2v) is 0. The van der Waals surface area contributed by atoms with Crippen molar-refractivity contribution >= 4 is 23.1 Å². The average Bonchev–Trinajstić information content (AvgIpc) is 1.00. The molecule has 0 amide bonds. The Labute approximate surface area is 48.2 Å². The molecule has 0 aliphatic carbocycles. The minimum absolute atomic E-state index is 0. The summed E-state index contributed by atoms with van der Waals surface area (Å²) in [5.74, 6) is 0. The maximum atomic E-state index is 7.94. The Bertz CT molecular complexity index is 6.00. The molecular weight excluding hydrogens is 115 g/mol. The van der Waals surface area contributed by atoms with Gasteiger partial charge in [-0.1, -0.05) is 0 Å². The van der Waals surface area contributed by atoms with E-state index in [9.17, 15) is 0 Å². The molecule has 23 valence electrons. The Morgan fingerprint density at radius 3 is 1.25 bits per heavy atom. The molecule has 4 heavy (non-hydrogen) atoms. The summed E-state index contributed by atoms with van der Waals surface area (Å²) in [4.78, 5) is 0. The predicted molar refractivity (Wildman–Crippen MR) is 7.13 cm³/mol. The first-order valence-electron chi connectivity index (χ1n) is 0.136. The average molecular weight is 115 g/mol. The summed E-state index contributed by atoms with van der Waals surface area (Å²) >= 11 is 2.31. The van der Waals surface area contributed by atoms with Crippen molar-refractivity contribution in [3.05, 3.63) is 0 Å². The molecule has 0 N–H and O–H groups in total. The van der Waals surface area contributed by atoms with Gasteiger partial charge in [0.25, 0.3) is 0 Å². The van der Waals surface area contributed by atoms with E-state index in [4.69, 9.17) is 3.87 Å². The normalized spacial score (nSPS) is 1.25. The molecule has 0 aromatic rings. The van der Waals surface area contributed by atoms with E-state index in [2.05, 4.69) is 15.7 Å². The van der Waals surface area contributed by atoms with Crippen molar-refractivity contribution in [3.63, 3.8) is 0 Å². The SMILES string of the molecule is [Mg+2].[O-2].[O]=[Co]. The Morgan fingerprint density at radius 2 is 1.25 bits per heavy atom. The van der Waals surface area contributed by atoms with Crippen LogP contribution >= 0.6 is 0 Å². The Kier molecular flexibility index (Phi) is 172. The van der Waals surface area contributed by atoms with Crippen LogP contribution in [0.1, 0.15) is 0 Å². The summed E-state index contributed by atoms with van der Waals surface area (Å²) in [5, 5.41) is 0. The van der Waals surface area contributed by atoms with Gasteiger partial charge in [-0.2, -0.15) is 0 Å². The summed E-state index contributed by atoms with van der Waals surface area (Å²) in [6, 6.07) is 0. The van der Waals surface area contributed by atoms with Crippen molar-refractivity contribution in [2.24, 2.45) is 0 Å². The van der Waals surface area contributed by atoms with Gasteiger partial charge in [-0.25, -0.2) is 0 Å². The van der Waals surface area contributed by atoms with Crippen LogP contribution in [0, 0.1) is 0 Å². The number of hydrogen-bond donors (Lipinski definition) is 0. The van der Waals surface area contributed by atoms with Gasteiger partial charge < -0.3 is 5.48 Å². The first-order chi connectivity index (χ1) is 1.00. The van der Waals surface area contributed by atoms with Gasteiger partial charge in [-0.05, 0) is 0 Å². The summed E-state index contributed by atoms with van der Waals surface area (Å²) in [7, 11) is 0. The van der Waals surface area contributed by atoms with Gasteiger partial charge in [0.05, 0.1) is 0 Å². The van der Waals surface area contributed by atoms with Gasteiger partial charge in [0.1, 0.15) is 0 Å². The molecule has 2 nitrogen and oxygen atoms in total. The summed E-state index contributed by atoms with van der Waals surface area (Å²) in [6.45, 7) is 0. The Hall–Kier alpha value is 1.03.